The molecule has 24 heavy (non-hydrogen) atoms. The molecule has 0 spiro atoms. The second kappa shape index (κ2) is 7.46. The van der Waals surface area contributed by atoms with Gasteiger partial charge in [-0.15, -0.1) is 0 Å². The minimum Gasteiger partial charge on any atom is -0.496 e. The third-order valence-electron chi connectivity index (χ3n) is 3.44. The number of para-hydroxylation sites is 1. The Labute approximate surface area is 141 Å². The molecule has 0 aromatic heterocycles. The number of aryl methyl sites for hydroxylation is 1. The molecule has 7 heteroatoms. The van der Waals surface area contributed by atoms with Crippen molar-refractivity contribution in [3.63, 3.8) is 0 Å². The maximum absolute atomic E-state index is 12.6. The van der Waals surface area contributed by atoms with Crippen LogP contribution in [0.25, 0.3) is 0 Å². The lowest BCUT2D eigenvalue weighted by atomic mass is 10.2. The summed E-state index contributed by atoms with van der Waals surface area (Å²) in [4.78, 5) is 11.3. The van der Waals surface area contributed by atoms with E-state index in [1.54, 1.807) is 31.2 Å². The summed E-state index contributed by atoms with van der Waals surface area (Å²) in [5.41, 5.74) is 1.77. The number of hydrogen-bond acceptors (Lipinski definition) is 4. The van der Waals surface area contributed by atoms with Crippen LogP contribution in [-0.2, 0) is 21.4 Å². The maximum Gasteiger partial charge on any atom is 0.241 e. The van der Waals surface area contributed by atoms with E-state index < -0.39 is 10.0 Å². The van der Waals surface area contributed by atoms with E-state index in [-0.39, 0.29) is 17.3 Å². The standard InChI is InChI=1S/C17H20N2O4S/c1-12-8-9-15(19-13(2)20)10-17(12)24(21,22)18-11-14-6-4-5-7-16(14)23-3/h4-10,18H,11H2,1-3H3,(H,19,20). The Kier molecular flexibility index (Phi) is 5.58. The smallest absolute Gasteiger partial charge is 0.241 e. The summed E-state index contributed by atoms with van der Waals surface area (Å²) in [6.07, 6.45) is 0. The Hall–Kier alpha value is -2.38. The molecule has 0 saturated heterocycles. The van der Waals surface area contributed by atoms with Crippen molar-refractivity contribution in [2.75, 3.05) is 12.4 Å². The third kappa shape index (κ3) is 4.33. The van der Waals surface area contributed by atoms with Crippen LogP contribution in [0.1, 0.15) is 18.1 Å². The van der Waals surface area contributed by atoms with Crippen LogP contribution in [0, 0.1) is 6.92 Å². The number of carbonyl (C=O) groups is 1. The Balaban J connectivity index is 2.25. The largest absolute Gasteiger partial charge is 0.496 e. The lowest BCUT2D eigenvalue weighted by Crippen LogP contribution is -2.24. The van der Waals surface area contributed by atoms with Crippen molar-refractivity contribution in [2.45, 2.75) is 25.3 Å². The van der Waals surface area contributed by atoms with Crippen molar-refractivity contribution in [3.05, 3.63) is 53.6 Å². The van der Waals surface area contributed by atoms with Crippen molar-refractivity contribution >= 4 is 21.6 Å². The summed E-state index contributed by atoms with van der Waals surface area (Å²) < 4.78 is 33.0. The molecule has 6 nitrogen and oxygen atoms in total. The molecule has 2 N–H and O–H groups in total. The van der Waals surface area contributed by atoms with Crippen molar-refractivity contribution in [2.24, 2.45) is 0 Å². The van der Waals surface area contributed by atoms with Crippen LogP contribution in [0.5, 0.6) is 5.75 Å². The van der Waals surface area contributed by atoms with Gasteiger partial charge in [0.1, 0.15) is 5.75 Å². The number of hydrogen-bond donors (Lipinski definition) is 2. The van der Waals surface area contributed by atoms with Gasteiger partial charge in [-0.2, -0.15) is 0 Å². The molecule has 2 rings (SSSR count). The van der Waals surface area contributed by atoms with Gasteiger partial charge in [-0.05, 0) is 30.7 Å². The highest BCUT2D eigenvalue weighted by Crippen LogP contribution is 2.22. The van der Waals surface area contributed by atoms with Crippen LogP contribution in [0.2, 0.25) is 0 Å². The zero-order valence-corrected chi connectivity index (χ0v) is 14.6. The lowest BCUT2D eigenvalue weighted by molar-refractivity contribution is -0.114. The van der Waals surface area contributed by atoms with Crippen LogP contribution < -0.4 is 14.8 Å². The number of methoxy groups -OCH3 is 1. The highest BCUT2D eigenvalue weighted by molar-refractivity contribution is 7.89. The van der Waals surface area contributed by atoms with E-state index in [2.05, 4.69) is 10.0 Å². The molecule has 128 valence electrons. The molecule has 0 unspecified atom stereocenters. The molecule has 0 fully saturated rings. The Morgan fingerprint density at radius 1 is 1.17 bits per heavy atom. The van der Waals surface area contributed by atoms with Crippen LogP contribution >= 0.6 is 0 Å². The van der Waals surface area contributed by atoms with Crippen molar-refractivity contribution < 1.29 is 17.9 Å². The summed E-state index contributed by atoms with van der Waals surface area (Å²) in [7, 11) is -2.19. The molecular formula is C17H20N2O4S. The van der Waals surface area contributed by atoms with E-state index in [0.29, 0.717) is 17.0 Å². The number of sulfonamides is 1. The molecule has 0 bridgehead atoms. The predicted molar refractivity (Wildman–Crippen MR) is 92.5 cm³/mol. The van der Waals surface area contributed by atoms with Gasteiger partial charge in [0.2, 0.25) is 15.9 Å². The van der Waals surface area contributed by atoms with Gasteiger partial charge in [-0.1, -0.05) is 24.3 Å². The summed E-state index contributed by atoms with van der Waals surface area (Å²) in [6.45, 7) is 3.18. The second-order valence-electron chi connectivity index (χ2n) is 5.30. The number of carbonyl (C=O) groups excluding carboxylic acids is 1. The normalized spacial score (nSPS) is 11.1. The number of amides is 1. The van der Waals surface area contributed by atoms with E-state index in [1.165, 1.54) is 20.1 Å². The number of anilines is 1. The minimum atomic E-state index is -3.73. The van der Waals surface area contributed by atoms with Gasteiger partial charge in [-0.25, -0.2) is 13.1 Å². The fraction of sp³-hybridized carbons (Fsp3) is 0.235. The average molecular weight is 348 g/mol. The predicted octanol–water partition coefficient (Wildman–Crippen LogP) is 2.44. The molecule has 1 amide bonds. The zero-order chi connectivity index (χ0) is 17.7. The molecule has 0 aliphatic rings. The summed E-state index contributed by atoms with van der Waals surface area (Å²) in [5.74, 6) is 0.355. The number of ether oxygens (including phenoxy) is 1. The first kappa shape index (κ1) is 18.0. The first-order valence-corrected chi connectivity index (χ1v) is 8.81. The van der Waals surface area contributed by atoms with Crippen molar-refractivity contribution in [1.82, 2.24) is 4.72 Å². The van der Waals surface area contributed by atoms with Gasteiger partial charge in [0.25, 0.3) is 0 Å². The number of nitrogens with one attached hydrogen (secondary N) is 2. The molecule has 0 heterocycles. The monoisotopic (exact) mass is 348 g/mol. The number of rotatable bonds is 6. The second-order valence-corrected chi connectivity index (χ2v) is 7.03. The molecule has 0 saturated carbocycles. The van der Waals surface area contributed by atoms with E-state index >= 15 is 0 Å². The topological polar surface area (TPSA) is 84.5 Å². The zero-order valence-electron chi connectivity index (χ0n) is 13.8. The van der Waals surface area contributed by atoms with E-state index in [4.69, 9.17) is 4.74 Å². The summed E-state index contributed by atoms with van der Waals surface area (Å²) in [6, 6.07) is 12.0. The van der Waals surface area contributed by atoms with Gasteiger partial charge >= 0.3 is 0 Å². The minimum absolute atomic E-state index is 0.107. The van der Waals surface area contributed by atoms with Crippen LogP contribution in [0.3, 0.4) is 0 Å². The van der Waals surface area contributed by atoms with Gasteiger partial charge in [-0.3, -0.25) is 4.79 Å². The molecular weight excluding hydrogens is 328 g/mol. The average Bonchev–Trinajstić information content (AvgIpc) is 2.54. The lowest BCUT2D eigenvalue weighted by Gasteiger charge is -2.13. The highest BCUT2D eigenvalue weighted by atomic mass is 32.2. The van der Waals surface area contributed by atoms with Crippen LogP contribution in [-0.4, -0.2) is 21.4 Å². The molecule has 0 aliphatic carbocycles. The fourth-order valence-electron chi connectivity index (χ4n) is 2.27. The summed E-state index contributed by atoms with van der Waals surface area (Å²) in [5, 5.41) is 2.59. The van der Waals surface area contributed by atoms with Crippen LogP contribution in [0.15, 0.2) is 47.4 Å². The fourth-order valence-corrected chi connectivity index (χ4v) is 3.55. The quantitative estimate of drug-likeness (QED) is 0.840. The van der Waals surface area contributed by atoms with Crippen molar-refractivity contribution in [3.8, 4) is 5.75 Å². The third-order valence-corrected chi connectivity index (χ3v) is 4.99. The van der Waals surface area contributed by atoms with E-state index in [0.717, 1.165) is 5.56 Å². The molecule has 0 radical (unpaired) electrons. The Morgan fingerprint density at radius 3 is 2.54 bits per heavy atom. The molecule has 2 aromatic rings. The molecule has 0 atom stereocenters. The number of benzene rings is 2. The van der Waals surface area contributed by atoms with Gasteiger partial charge < -0.3 is 10.1 Å². The van der Waals surface area contributed by atoms with Gasteiger partial charge in [0.05, 0.1) is 12.0 Å². The van der Waals surface area contributed by atoms with E-state index in [1.807, 2.05) is 12.1 Å². The first-order chi connectivity index (χ1) is 11.3. The molecule has 2 aromatic carbocycles. The maximum atomic E-state index is 12.6. The van der Waals surface area contributed by atoms with Crippen molar-refractivity contribution in [1.29, 1.82) is 0 Å². The first-order valence-electron chi connectivity index (χ1n) is 7.33. The highest BCUT2D eigenvalue weighted by Gasteiger charge is 2.18. The Morgan fingerprint density at radius 2 is 1.88 bits per heavy atom. The van der Waals surface area contributed by atoms with Gasteiger partial charge in [0, 0.05) is 24.7 Å². The van der Waals surface area contributed by atoms with Crippen LogP contribution in [0.4, 0.5) is 5.69 Å². The Bertz CT molecular complexity index is 847. The molecule has 0 aliphatic heterocycles. The van der Waals surface area contributed by atoms with E-state index in [9.17, 15) is 13.2 Å². The summed E-state index contributed by atoms with van der Waals surface area (Å²) >= 11 is 0. The van der Waals surface area contributed by atoms with Gasteiger partial charge in [0.15, 0.2) is 0 Å². The SMILES string of the molecule is COc1ccccc1CNS(=O)(=O)c1cc(NC(C)=O)ccc1C.